The van der Waals surface area contributed by atoms with Gasteiger partial charge in [-0.15, -0.1) is 0 Å². The van der Waals surface area contributed by atoms with Crippen molar-refractivity contribution in [2.24, 2.45) is 13.0 Å². The fourth-order valence-electron chi connectivity index (χ4n) is 2.53. The summed E-state index contributed by atoms with van der Waals surface area (Å²) >= 11 is 0. The summed E-state index contributed by atoms with van der Waals surface area (Å²) in [6.45, 7) is 0. The highest BCUT2D eigenvalue weighted by atomic mass is 16.1. The number of aromatic nitrogens is 2. The first kappa shape index (κ1) is 10.3. The zero-order chi connectivity index (χ0) is 11.8. The molecular formula is C14H14N2O. The van der Waals surface area contributed by atoms with Gasteiger partial charge in [0.25, 0.3) is 0 Å². The molecule has 0 saturated heterocycles. The van der Waals surface area contributed by atoms with Gasteiger partial charge in [0.15, 0.2) is 5.78 Å². The van der Waals surface area contributed by atoms with E-state index in [2.05, 4.69) is 17.2 Å². The van der Waals surface area contributed by atoms with E-state index in [1.807, 2.05) is 19.2 Å². The first-order valence-corrected chi connectivity index (χ1v) is 5.83. The van der Waals surface area contributed by atoms with Crippen LogP contribution in [0.3, 0.4) is 0 Å². The van der Waals surface area contributed by atoms with Crippen molar-refractivity contribution in [3.8, 4) is 0 Å². The highest BCUT2D eigenvalue weighted by molar-refractivity contribution is 5.98. The van der Waals surface area contributed by atoms with Crippen molar-refractivity contribution in [2.45, 2.75) is 12.8 Å². The number of nitrogens with zero attached hydrogens (tertiary/aromatic N) is 2. The van der Waals surface area contributed by atoms with Crippen LogP contribution in [0.15, 0.2) is 36.7 Å². The predicted molar refractivity (Wildman–Crippen MR) is 64.9 cm³/mol. The molecule has 3 nitrogen and oxygen atoms in total. The third-order valence-electron chi connectivity index (χ3n) is 3.41. The topological polar surface area (TPSA) is 34.9 Å². The van der Waals surface area contributed by atoms with Crippen molar-refractivity contribution in [2.75, 3.05) is 0 Å². The number of benzene rings is 1. The third kappa shape index (κ3) is 1.78. The molecule has 1 aromatic carbocycles. The van der Waals surface area contributed by atoms with Gasteiger partial charge in [0.05, 0.1) is 11.8 Å². The van der Waals surface area contributed by atoms with Crippen LogP contribution in [0.5, 0.6) is 0 Å². The first-order valence-electron chi connectivity index (χ1n) is 5.83. The Morgan fingerprint density at radius 3 is 2.47 bits per heavy atom. The summed E-state index contributed by atoms with van der Waals surface area (Å²) in [7, 11) is 1.83. The van der Waals surface area contributed by atoms with Crippen LogP contribution in [-0.2, 0) is 19.9 Å². The van der Waals surface area contributed by atoms with Crippen LogP contribution in [-0.4, -0.2) is 15.6 Å². The fraction of sp³-hybridized carbons (Fsp3) is 0.286. The molecule has 17 heavy (non-hydrogen) atoms. The van der Waals surface area contributed by atoms with E-state index in [1.165, 1.54) is 11.1 Å². The van der Waals surface area contributed by atoms with E-state index in [4.69, 9.17) is 0 Å². The number of fused-ring (bicyclic) bond motifs is 1. The van der Waals surface area contributed by atoms with Gasteiger partial charge in [0, 0.05) is 19.2 Å². The van der Waals surface area contributed by atoms with Gasteiger partial charge in [-0.25, -0.2) is 0 Å². The minimum absolute atomic E-state index is 0.0941. The van der Waals surface area contributed by atoms with Crippen LogP contribution >= 0.6 is 0 Å². The molecule has 0 saturated carbocycles. The smallest absolute Gasteiger partial charge is 0.169 e. The van der Waals surface area contributed by atoms with Gasteiger partial charge in [-0.3, -0.25) is 9.48 Å². The molecule has 2 aromatic rings. The molecule has 0 aliphatic heterocycles. The predicted octanol–water partition coefficient (Wildman–Crippen LogP) is 2.02. The van der Waals surface area contributed by atoms with Crippen LogP contribution in [0.2, 0.25) is 0 Å². The Balaban J connectivity index is 1.83. The maximum atomic E-state index is 12.3. The summed E-state index contributed by atoms with van der Waals surface area (Å²) in [5.74, 6) is 0.311. The van der Waals surface area contributed by atoms with E-state index in [0.717, 1.165) is 18.4 Å². The van der Waals surface area contributed by atoms with E-state index < -0.39 is 0 Å². The second kappa shape index (κ2) is 3.84. The fourth-order valence-corrected chi connectivity index (χ4v) is 2.53. The van der Waals surface area contributed by atoms with Crippen molar-refractivity contribution in [3.63, 3.8) is 0 Å². The van der Waals surface area contributed by atoms with Crippen LogP contribution < -0.4 is 0 Å². The lowest BCUT2D eigenvalue weighted by atomic mass is 9.97. The average molecular weight is 226 g/mol. The lowest BCUT2D eigenvalue weighted by Crippen LogP contribution is -2.14. The minimum Gasteiger partial charge on any atom is -0.294 e. The Hall–Kier alpha value is -1.90. The van der Waals surface area contributed by atoms with Gasteiger partial charge in [-0.1, -0.05) is 24.3 Å². The molecule has 86 valence electrons. The van der Waals surface area contributed by atoms with Crippen molar-refractivity contribution in [1.29, 1.82) is 0 Å². The molecule has 1 aliphatic carbocycles. The molecule has 0 fully saturated rings. The second-order valence-corrected chi connectivity index (χ2v) is 4.64. The average Bonchev–Trinajstić information content (AvgIpc) is 2.93. The molecule has 0 amide bonds. The molecule has 0 spiro atoms. The van der Waals surface area contributed by atoms with Gasteiger partial charge >= 0.3 is 0 Å². The molecule has 0 bridgehead atoms. The lowest BCUT2D eigenvalue weighted by Gasteiger charge is -2.04. The number of Topliss-reactive ketones (excluding diaryl/α,β-unsaturated/α-hetero) is 1. The Labute approximate surface area is 100 Å². The normalized spacial score (nSPS) is 14.9. The van der Waals surface area contributed by atoms with Crippen LogP contribution in [0.25, 0.3) is 0 Å². The maximum absolute atomic E-state index is 12.3. The van der Waals surface area contributed by atoms with E-state index in [1.54, 1.807) is 17.1 Å². The standard InChI is InChI=1S/C14H14N2O/c1-16-9-13(8-15-16)14(17)12-6-10-4-2-3-5-11(10)7-12/h2-5,8-9,12H,6-7H2,1H3. The van der Waals surface area contributed by atoms with Crippen molar-refractivity contribution >= 4 is 5.78 Å². The highest BCUT2D eigenvalue weighted by Gasteiger charge is 2.28. The first-order chi connectivity index (χ1) is 8.24. The molecule has 0 radical (unpaired) electrons. The number of aryl methyl sites for hydroxylation is 1. The molecule has 0 unspecified atom stereocenters. The molecule has 1 heterocycles. The molecule has 3 rings (SSSR count). The molecule has 3 heteroatoms. The Bertz CT molecular complexity index is 546. The minimum atomic E-state index is 0.0941. The summed E-state index contributed by atoms with van der Waals surface area (Å²) < 4.78 is 1.68. The quantitative estimate of drug-likeness (QED) is 0.734. The number of carbonyl (C=O) groups excluding carboxylic acids is 1. The van der Waals surface area contributed by atoms with Crippen LogP contribution in [0.1, 0.15) is 21.5 Å². The Morgan fingerprint density at radius 2 is 1.94 bits per heavy atom. The number of carbonyl (C=O) groups is 1. The molecule has 0 atom stereocenters. The summed E-state index contributed by atoms with van der Waals surface area (Å²) in [5, 5.41) is 4.05. The van der Waals surface area contributed by atoms with Crippen molar-refractivity contribution in [3.05, 3.63) is 53.3 Å². The van der Waals surface area contributed by atoms with E-state index in [-0.39, 0.29) is 11.7 Å². The maximum Gasteiger partial charge on any atom is 0.169 e. The number of rotatable bonds is 2. The zero-order valence-corrected chi connectivity index (χ0v) is 9.76. The Morgan fingerprint density at radius 1 is 1.29 bits per heavy atom. The van der Waals surface area contributed by atoms with Gasteiger partial charge in [-0.2, -0.15) is 5.10 Å². The van der Waals surface area contributed by atoms with E-state index in [9.17, 15) is 4.79 Å². The summed E-state index contributed by atoms with van der Waals surface area (Å²) in [5.41, 5.74) is 3.36. The van der Waals surface area contributed by atoms with Gasteiger partial charge < -0.3 is 0 Å². The van der Waals surface area contributed by atoms with Crippen LogP contribution in [0.4, 0.5) is 0 Å². The van der Waals surface area contributed by atoms with E-state index >= 15 is 0 Å². The summed E-state index contributed by atoms with van der Waals surface area (Å²) in [4.78, 5) is 12.3. The monoisotopic (exact) mass is 226 g/mol. The number of hydrogen-bond acceptors (Lipinski definition) is 2. The number of ketones is 1. The SMILES string of the molecule is Cn1cc(C(=O)C2Cc3ccccc3C2)cn1. The second-order valence-electron chi connectivity index (χ2n) is 4.64. The van der Waals surface area contributed by atoms with Crippen LogP contribution in [0, 0.1) is 5.92 Å². The van der Waals surface area contributed by atoms with Crippen molar-refractivity contribution < 1.29 is 4.79 Å². The lowest BCUT2D eigenvalue weighted by molar-refractivity contribution is 0.0924. The molecule has 0 N–H and O–H groups in total. The molecule has 1 aliphatic rings. The zero-order valence-electron chi connectivity index (χ0n) is 9.76. The largest absolute Gasteiger partial charge is 0.294 e. The number of hydrogen-bond donors (Lipinski definition) is 0. The highest BCUT2D eigenvalue weighted by Crippen LogP contribution is 2.28. The van der Waals surface area contributed by atoms with Gasteiger partial charge in [0.1, 0.15) is 0 Å². The summed E-state index contributed by atoms with van der Waals surface area (Å²) in [6, 6.07) is 8.31. The van der Waals surface area contributed by atoms with E-state index in [0.29, 0.717) is 0 Å². The van der Waals surface area contributed by atoms with Gasteiger partial charge in [0.2, 0.25) is 0 Å². The summed E-state index contributed by atoms with van der Waals surface area (Å²) in [6.07, 6.45) is 5.18. The Kier molecular flexibility index (Phi) is 2.32. The molecule has 1 aromatic heterocycles. The van der Waals surface area contributed by atoms with Crippen molar-refractivity contribution in [1.82, 2.24) is 9.78 Å². The molecular weight excluding hydrogens is 212 g/mol. The third-order valence-corrected chi connectivity index (χ3v) is 3.41. The van der Waals surface area contributed by atoms with Gasteiger partial charge in [-0.05, 0) is 24.0 Å².